The molecule has 0 radical (unpaired) electrons. The van der Waals surface area contributed by atoms with Gasteiger partial charge in [-0.1, -0.05) is 30.3 Å². The number of piperazine rings is 1. The smallest absolute Gasteiger partial charge is 0.247 e. The van der Waals surface area contributed by atoms with Crippen molar-refractivity contribution in [1.82, 2.24) is 10.2 Å². The molecule has 106 valence electrons. The summed E-state index contributed by atoms with van der Waals surface area (Å²) in [5.41, 5.74) is 0.858. The molecule has 2 unspecified atom stereocenters. The molecule has 20 heavy (non-hydrogen) atoms. The lowest BCUT2D eigenvalue weighted by molar-refractivity contribution is -0.146. The van der Waals surface area contributed by atoms with Crippen LogP contribution in [0.1, 0.15) is 18.0 Å². The lowest BCUT2D eigenvalue weighted by atomic mass is 9.99. The van der Waals surface area contributed by atoms with Gasteiger partial charge in [0.2, 0.25) is 11.8 Å². The zero-order valence-electron chi connectivity index (χ0n) is 11.2. The van der Waals surface area contributed by atoms with Crippen molar-refractivity contribution in [1.29, 1.82) is 0 Å². The number of benzene rings is 1. The predicted molar refractivity (Wildman–Crippen MR) is 72.8 cm³/mol. The highest BCUT2D eigenvalue weighted by Gasteiger charge is 2.37. The molecule has 0 spiro atoms. The molecule has 1 aromatic carbocycles. The molecule has 0 aromatic heterocycles. The molecule has 2 saturated heterocycles. The summed E-state index contributed by atoms with van der Waals surface area (Å²) in [5.74, 6) is 0.205. The van der Waals surface area contributed by atoms with Gasteiger partial charge in [0.05, 0.1) is 13.2 Å². The minimum atomic E-state index is -0.516. The van der Waals surface area contributed by atoms with E-state index in [1.807, 2.05) is 30.3 Å². The molecular weight excluding hydrogens is 256 g/mol. The van der Waals surface area contributed by atoms with Crippen LogP contribution in [0.15, 0.2) is 30.3 Å². The van der Waals surface area contributed by atoms with Gasteiger partial charge in [0.1, 0.15) is 6.04 Å². The van der Waals surface area contributed by atoms with E-state index in [4.69, 9.17) is 4.74 Å². The molecule has 0 bridgehead atoms. The number of hydrogen-bond donors (Lipinski definition) is 1. The van der Waals surface area contributed by atoms with Crippen molar-refractivity contribution in [3.8, 4) is 0 Å². The van der Waals surface area contributed by atoms with Crippen LogP contribution in [0.5, 0.6) is 0 Å². The summed E-state index contributed by atoms with van der Waals surface area (Å²) >= 11 is 0. The van der Waals surface area contributed by atoms with Crippen LogP contribution < -0.4 is 5.32 Å². The maximum Gasteiger partial charge on any atom is 0.247 e. The Bertz CT molecular complexity index is 497. The number of rotatable bonds is 3. The lowest BCUT2D eigenvalue weighted by Gasteiger charge is -2.36. The molecule has 2 fully saturated rings. The van der Waals surface area contributed by atoms with Crippen LogP contribution in [0, 0.1) is 5.92 Å². The van der Waals surface area contributed by atoms with Gasteiger partial charge in [0.25, 0.3) is 0 Å². The van der Waals surface area contributed by atoms with Crippen LogP contribution in [0.3, 0.4) is 0 Å². The van der Waals surface area contributed by atoms with E-state index in [1.165, 1.54) is 0 Å². The molecule has 2 amide bonds. The van der Waals surface area contributed by atoms with E-state index in [9.17, 15) is 9.59 Å². The first-order valence-electron chi connectivity index (χ1n) is 6.95. The van der Waals surface area contributed by atoms with Crippen molar-refractivity contribution >= 4 is 11.8 Å². The Morgan fingerprint density at radius 3 is 2.75 bits per heavy atom. The molecule has 1 N–H and O–H groups in total. The van der Waals surface area contributed by atoms with Gasteiger partial charge in [-0.25, -0.2) is 0 Å². The third-order valence-corrected chi connectivity index (χ3v) is 3.89. The van der Waals surface area contributed by atoms with Gasteiger partial charge in [0.15, 0.2) is 0 Å². The molecular formula is C15H18N2O3. The molecule has 5 heteroatoms. The summed E-state index contributed by atoms with van der Waals surface area (Å²) in [6.07, 6.45) is 0.951. The molecule has 3 rings (SSSR count). The third kappa shape index (κ3) is 2.54. The summed E-state index contributed by atoms with van der Waals surface area (Å²) < 4.78 is 5.36. The maximum absolute atomic E-state index is 12.2. The van der Waals surface area contributed by atoms with E-state index < -0.39 is 6.04 Å². The number of nitrogens with one attached hydrogen (secondary N) is 1. The Morgan fingerprint density at radius 2 is 2.05 bits per heavy atom. The number of carbonyl (C=O) groups is 2. The fourth-order valence-electron chi connectivity index (χ4n) is 2.83. The normalized spacial score (nSPS) is 26.7. The lowest BCUT2D eigenvalue weighted by Crippen LogP contribution is -2.54. The minimum absolute atomic E-state index is 0.0228. The maximum atomic E-state index is 12.2. The Labute approximate surface area is 117 Å². The Morgan fingerprint density at radius 1 is 1.25 bits per heavy atom. The Balaban J connectivity index is 1.85. The minimum Gasteiger partial charge on any atom is -0.381 e. The third-order valence-electron chi connectivity index (χ3n) is 3.89. The second-order valence-electron chi connectivity index (χ2n) is 5.31. The monoisotopic (exact) mass is 274 g/mol. The Hall–Kier alpha value is -1.88. The van der Waals surface area contributed by atoms with E-state index in [1.54, 1.807) is 4.90 Å². The standard InChI is InChI=1S/C15H18N2O3/c18-13-8-16-15(19)14(12-4-2-1-3-5-12)17(13)9-11-6-7-20-10-11/h1-5,11,14H,6-10H2,(H,16,19). The summed E-state index contributed by atoms with van der Waals surface area (Å²) in [5, 5.41) is 2.67. The van der Waals surface area contributed by atoms with Gasteiger partial charge < -0.3 is 15.0 Å². The average Bonchev–Trinajstić information content (AvgIpc) is 2.97. The van der Waals surface area contributed by atoms with Crippen LogP contribution in [0.4, 0.5) is 0 Å². The highest BCUT2D eigenvalue weighted by molar-refractivity contribution is 5.95. The predicted octanol–water partition coefficient (Wildman–Crippen LogP) is 0.723. The van der Waals surface area contributed by atoms with Gasteiger partial charge in [-0.2, -0.15) is 0 Å². The topological polar surface area (TPSA) is 58.6 Å². The van der Waals surface area contributed by atoms with Gasteiger partial charge in [-0.3, -0.25) is 9.59 Å². The fraction of sp³-hybridized carbons (Fsp3) is 0.467. The summed E-state index contributed by atoms with van der Waals surface area (Å²) in [6, 6.07) is 8.94. The van der Waals surface area contributed by atoms with Crippen molar-refractivity contribution < 1.29 is 14.3 Å². The van der Waals surface area contributed by atoms with Crippen LogP contribution in [-0.2, 0) is 14.3 Å². The van der Waals surface area contributed by atoms with Crippen LogP contribution >= 0.6 is 0 Å². The number of hydrogen-bond acceptors (Lipinski definition) is 3. The van der Waals surface area contributed by atoms with Gasteiger partial charge in [-0.05, 0) is 12.0 Å². The zero-order valence-corrected chi connectivity index (χ0v) is 11.2. The van der Waals surface area contributed by atoms with E-state index >= 15 is 0 Å². The first kappa shape index (κ1) is 13.1. The van der Waals surface area contributed by atoms with Gasteiger partial charge in [-0.15, -0.1) is 0 Å². The summed E-state index contributed by atoms with van der Waals surface area (Å²) in [6.45, 7) is 2.10. The number of nitrogens with zero attached hydrogens (tertiary/aromatic N) is 1. The van der Waals surface area contributed by atoms with Gasteiger partial charge >= 0.3 is 0 Å². The first-order chi connectivity index (χ1) is 9.75. The largest absolute Gasteiger partial charge is 0.381 e. The molecule has 5 nitrogen and oxygen atoms in total. The molecule has 2 aliphatic rings. The molecule has 0 saturated carbocycles. The second kappa shape index (κ2) is 5.63. The second-order valence-corrected chi connectivity index (χ2v) is 5.31. The van der Waals surface area contributed by atoms with Gasteiger partial charge in [0, 0.05) is 19.1 Å². The molecule has 2 atom stereocenters. The van der Waals surface area contributed by atoms with Crippen LogP contribution in [0.25, 0.3) is 0 Å². The quantitative estimate of drug-likeness (QED) is 0.883. The summed E-state index contributed by atoms with van der Waals surface area (Å²) in [4.78, 5) is 26.1. The molecule has 2 heterocycles. The molecule has 0 aliphatic carbocycles. The van der Waals surface area contributed by atoms with E-state index in [0.29, 0.717) is 19.1 Å². The van der Waals surface area contributed by atoms with Crippen LogP contribution in [-0.4, -0.2) is 43.0 Å². The van der Waals surface area contributed by atoms with Crippen molar-refractivity contribution in [3.63, 3.8) is 0 Å². The highest BCUT2D eigenvalue weighted by atomic mass is 16.5. The molecule has 2 aliphatic heterocycles. The number of amides is 2. The van der Waals surface area contributed by atoms with Crippen molar-refractivity contribution in [2.45, 2.75) is 12.5 Å². The number of ether oxygens (including phenoxy) is 1. The fourth-order valence-corrected chi connectivity index (χ4v) is 2.83. The van der Waals surface area contributed by atoms with Crippen molar-refractivity contribution in [2.24, 2.45) is 5.92 Å². The highest BCUT2D eigenvalue weighted by Crippen LogP contribution is 2.26. The zero-order chi connectivity index (χ0) is 13.9. The van der Waals surface area contributed by atoms with E-state index in [-0.39, 0.29) is 18.4 Å². The van der Waals surface area contributed by atoms with Crippen LogP contribution in [0.2, 0.25) is 0 Å². The Kier molecular flexibility index (Phi) is 3.69. The van der Waals surface area contributed by atoms with Crippen molar-refractivity contribution in [2.75, 3.05) is 26.3 Å². The van der Waals surface area contributed by atoms with E-state index in [2.05, 4.69) is 5.32 Å². The summed E-state index contributed by atoms with van der Waals surface area (Å²) in [7, 11) is 0. The SMILES string of the molecule is O=C1NCC(=O)N(CC2CCOC2)C1c1ccccc1. The first-order valence-corrected chi connectivity index (χ1v) is 6.95. The average molecular weight is 274 g/mol. The number of carbonyl (C=O) groups excluding carboxylic acids is 2. The molecule has 1 aromatic rings. The van der Waals surface area contributed by atoms with E-state index in [0.717, 1.165) is 18.6 Å². The van der Waals surface area contributed by atoms with Crippen molar-refractivity contribution in [3.05, 3.63) is 35.9 Å².